The van der Waals surface area contributed by atoms with Crippen LogP contribution in [0.5, 0.6) is 11.5 Å². The number of benzene rings is 2. The Hall–Kier alpha value is -2.14. The van der Waals surface area contributed by atoms with E-state index in [4.69, 9.17) is 4.74 Å². The normalized spacial score (nSPS) is 12.2. The van der Waals surface area contributed by atoms with E-state index in [1.807, 2.05) is 37.1 Å². The van der Waals surface area contributed by atoms with Gasteiger partial charge in [0.1, 0.15) is 11.5 Å². The molecule has 2 rings (SSSR count). The molecule has 0 saturated heterocycles. The smallest absolute Gasteiger partial charge is 0.387 e. The van der Waals surface area contributed by atoms with E-state index >= 15 is 0 Å². The number of nitrogens with zero attached hydrogens (tertiary/aromatic N) is 2. The van der Waals surface area contributed by atoms with Crippen LogP contribution >= 0.6 is 24.0 Å². The van der Waals surface area contributed by atoms with Crippen LogP contribution in [0.1, 0.15) is 24.2 Å². The van der Waals surface area contributed by atoms with Crippen LogP contribution in [0.2, 0.25) is 0 Å². The first kappa shape index (κ1) is 25.9. The van der Waals surface area contributed by atoms with Gasteiger partial charge in [0.05, 0.1) is 19.8 Å². The van der Waals surface area contributed by atoms with Crippen LogP contribution in [0.25, 0.3) is 0 Å². The van der Waals surface area contributed by atoms with Gasteiger partial charge >= 0.3 is 6.61 Å². The number of aliphatic hydroxyl groups is 1. The number of methoxy groups -OCH3 is 1. The van der Waals surface area contributed by atoms with Crippen LogP contribution in [0, 0.1) is 0 Å². The van der Waals surface area contributed by atoms with E-state index < -0.39 is 12.7 Å². The monoisotopic (exact) mass is 535 g/mol. The second-order valence-electron chi connectivity index (χ2n) is 6.37. The number of hydrogen-bond acceptors (Lipinski definition) is 4. The molecule has 2 aromatic carbocycles. The first-order valence-electron chi connectivity index (χ1n) is 9.28. The van der Waals surface area contributed by atoms with E-state index in [0.717, 1.165) is 11.1 Å². The van der Waals surface area contributed by atoms with Crippen LogP contribution in [0.3, 0.4) is 0 Å². The fraction of sp³-hybridized carbons (Fsp3) is 0.381. The van der Waals surface area contributed by atoms with Gasteiger partial charge in [0, 0.05) is 20.1 Å². The summed E-state index contributed by atoms with van der Waals surface area (Å²) >= 11 is 0. The first-order chi connectivity index (χ1) is 13.9. The molecule has 0 bridgehead atoms. The summed E-state index contributed by atoms with van der Waals surface area (Å²) in [7, 11) is 3.44. The molecule has 0 fully saturated rings. The summed E-state index contributed by atoms with van der Waals surface area (Å²) in [5.41, 5.74) is 1.63. The van der Waals surface area contributed by atoms with Gasteiger partial charge in [-0.25, -0.2) is 0 Å². The van der Waals surface area contributed by atoms with Crippen molar-refractivity contribution in [1.82, 2.24) is 10.2 Å². The molecular formula is C21H28F2IN3O3. The van der Waals surface area contributed by atoms with Crippen molar-refractivity contribution in [3.8, 4) is 11.5 Å². The number of nitrogens with one attached hydrogen (secondary N) is 1. The van der Waals surface area contributed by atoms with Crippen molar-refractivity contribution in [3.63, 3.8) is 0 Å². The summed E-state index contributed by atoms with van der Waals surface area (Å²) in [5, 5.41) is 13.6. The van der Waals surface area contributed by atoms with Crippen molar-refractivity contribution >= 4 is 29.9 Å². The van der Waals surface area contributed by atoms with Crippen LogP contribution in [-0.2, 0) is 6.54 Å². The molecule has 0 saturated carbocycles. The number of alkyl halides is 2. The Morgan fingerprint density at radius 3 is 2.47 bits per heavy atom. The van der Waals surface area contributed by atoms with Gasteiger partial charge in [-0.2, -0.15) is 8.78 Å². The summed E-state index contributed by atoms with van der Waals surface area (Å²) in [6.07, 6.45) is -0.766. The maximum absolute atomic E-state index is 12.3. The van der Waals surface area contributed by atoms with Crippen molar-refractivity contribution in [2.45, 2.75) is 26.2 Å². The standard InChI is InChI=1S/C21H27F2N3O3.HI/c1-4-24-21(25-13-19(27)16-6-5-7-18(12-16)28-3)26(2)14-15-8-10-17(11-9-15)29-20(22)23;/h5-12,19-20,27H,4,13-14H2,1-3H3,(H,24,25);1H. The van der Waals surface area contributed by atoms with Crippen molar-refractivity contribution < 1.29 is 23.4 Å². The Kier molecular flexibility index (Phi) is 11.4. The van der Waals surface area contributed by atoms with Crippen molar-refractivity contribution in [1.29, 1.82) is 0 Å². The third-order valence-electron chi connectivity index (χ3n) is 4.16. The molecule has 0 radical (unpaired) electrons. The molecular weight excluding hydrogens is 507 g/mol. The van der Waals surface area contributed by atoms with Gasteiger partial charge in [0.15, 0.2) is 5.96 Å². The van der Waals surface area contributed by atoms with Crippen LogP contribution in [0.15, 0.2) is 53.5 Å². The Labute approximate surface area is 192 Å². The lowest BCUT2D eigenvalue weighted by Crippen LogP contribution is -2.38. The minimum absolute atomic E-state index is 0. The molecule has 0 heterocycles. The van der Waals surface area contributed by atoms with Crippen molar-refractivity contribution in [3.05, 3.63) is 59.7 Å². The minimum Gasteiger partial charge on any atom is -0.497 e. The number of aliphatic imine (C=N–C) groups is 1. The molecule has 2 aromatic rings. The van der Waals surface area contributed by atoms with Gasteiger partial charge < -0.3 is 24.8 Å². The predicted molar refractivity (Wildman–Crippen MR) is 124 cm³/mol. The number of guanidine groups is 1. The fourth-order valence-corrected chi connectivity index (χ4v) is 2.72. The summed E-state index contributed by atoms with van der Waals surface area (Å²) in [5.74, 6) is 1.42. The number of ether oxygens (including phenoxy) is 2. The Morgan fingerprint density at radius 1 is 1.17 bits per heavy atom. The van der Waals surface area contributed by atoms with E-state index in [1.165, 1.54) is 12.1 Å². The number of aliphatic hydroxyl groups excluding tert-OH is 1. The Morgan fingerprint density at radius 2 is 1.87 bits per heavy atom. The van der Waals surface area contributed by atoms with Gasteiger partial charge in [-0.1, -0.05) is 24.3 Å². The molecule has 1 unspecified atom stereocenters. The number of halogens is 3. The number of hydrogen-bond donors (Lipinski definition) is 2. The largest absolute Gasteiger partial charge is 0.497 e. The average molecular weight is 535 g/mol. The third kappa shape index (κ3) is 8.31. The SMILES string of the molecule is CCNC(=NCC(O)c1cccc(OC)c1)N(C)Cc1ccc(OC(F)F)cc1.I. The lowest BCUT2D eigenvalue weighted by molar-refractivity contribution is -0.0498. The molecule has 0 aliphatic heterocycles. The van der Waals surface area contributed by atoms with E-state index in [9.17, 15) is 13.9 Å². The Balaban J connectivity index is 0.00000450. The van der Waals surface area contributed by atoms with Gasteiger partial charge in [-0.15, -0.1) is 24.0 Å². The highest BCUT2D eigenvalue weighted by atomic mass is 127. The molecule has 166 valence electrons. The van der Waals surface area contributed by atoms with Crippen LogP contribution < -0.4 is 14.8 Å². The summed E-state index contributed by atoms with van der Waals surface area (Å²) in [6.45, 7) is 0.474. The van der Waals surface area contributed by atoms with Gasteiger partial charge in [-0.3, -0.25) is 4.99 Å². The highest BCUT2D eigenvalue weighted by Crippen LogP contribution is 2.19. The topological polar surface area (TPSA) is 66.3 Å². The van der Waals surface area contributed by atoms with Crippen molar-refractivity contribution in [2.75, 3.05) is 27.2 Å². The molecule has 0 amide bonds. The maximum atomic E-state index is 12.3. The van der Waals surface area contributed by atoms with E-state index in [-0.39, 0.29) is 36.3 Å². The highest BCUT2D eigenvalue weighted by molar-refractivity contribution is 14.0. The molecule has 0 aliphatic carbocycles. The zero-order valence-corrected chi connectivity index (χ0v) is 19.5. The molecule has 6 nitrogen and oxygen atoms in total. The van der Waals surface area contributed by atoms with Crippen LogP contribution in [0.4, 0.5) is 8.78 Å². The molecule has 0 spiro atoms. The molecule has 9 heteroatoms. The second kappa shape index (κ2) is 13.2. The van der Waals surface area contributed by atoms with E-state index in [0.29, 0.717) is 24.8 Å². The maximum Gasteiger partial charge on any atom is 0.387 e. The quantitative estimate of drug-likeness (QED) is 0.288. The molecule has 2 N–H and O–H groups in total. The summed E-state index contributed by atoms with van der Waals surface area (Å²) in [6, 6.07) is 13.7. The van der Waals surface area contributed by atoms with E-state index in [2.05, 4.69) is 15.0 Å². The fourth-order valence-electron chi connectivity index (χ4n) is 2.72. The molecule has 0 aliphatic rings. The van der Waals surface area contributed by atoms with Gasteiger partial charge in [-0.05, 0) is 42.3 Å². The number of rotatable bonds is 9. The second-order valence-corrected chi connectivity index (χ2v) is 6.37. The van der Waals surface area contributed by atoms with Crippen LogP contribution in [-0.4, -0.2) is 49.8 Å². The lowest BCUT2D eigenvalue weighted by atomic mass is 10.1. The first-order valence-corrected chi connectivity index (χ1v) is 9.28. The third-order valence-corrected chi connectivity index (χ3v) is 4.16. The minimum atomic E-state index is -2.84. The van der Waals surface area contributed by atoms with Gasteiger partial charge in [0.25, 0.3) is 0 Å². The van der Waals surface area contributed by atoms with Gasteiger partial charge in [0.2, 0.25) is 0 Å². The molecule has 30 heavy (non-hydrogen) atoms. The Bertz CT molecular complexity index is 791. The van der Waals surface area contributed by atoms with Crippen molar-refractivity contribution in [2.24, 2.45) is 4.99 Å². The average Bonchev–Trinajstić information content (AvgIpc) is 2.71. The highest BCUT2D eigenvalue weighted by Gasteiger charge is 2.11. The summed E-state index contributed by atoms with van der Waals surface area (Å²) < 4.78 is 34.1. The predicted octanol–water partition coefficient (Wildman–Crippen LogP) is 4.05. The van der Waals surface area contributed by atoms with E-state index in [1.54, 1.807) is 25.3 Å². The zero-order chi connectivity index (χ0) is 21.2. The zero-order valence-electron chi connectivity index (χ0n) is 17.2. The summed E-state index contributed by atoms with van der Waals surface area (Å²) in [4.78, 5) is 6.41. The molecule has 1 atom stereocenters. The lowest BCUT2D eigenvalue weighted by Gasteiger charge is -2.23. The molecule has 0 aromatic heterocycles.